The highest BCUT2D eigenvalue weighted by Crippen LogP contribution is 2.40. The summed E-state index contributed by atoms with van der Waals surface area (Å²) in [4.78, 5) is 11.4. The Kier molecular flexibility index (Phi) is 5.38. The van der Waals surface area contributed by atoms with Crippen LogP contribution >= 0.6 is 15.9 Å². The van der Waals surface area contributed by atoms with Crippen LogP contribution in [0.1, 0.15) is 42.4 Å². The summed E-state index contributed by atoms with van der Waals surface area (Å²) >= 11 is 3.49. The average molecular weight is 330 g/mol. The van der Waals surface area contributed by atoms with Crippen molar-refractivity contribution in [1.29, 1.82) is 0 Å². The highest BCUT2D eigenvalue weighted by molar-refractivity contribution is 9.10. The van der Waals surface area contributed by atoms with Gasteiger partial charge in [-0.25, -0.2) is 0 Å². The molecule has 1 unspecified atom stereocenters. The molecular weight excluding hydrogens is 310 g/mol. The van der Waals surface area contributed by atoms with E-state index >= 15 is 0 Å². The Balaban J connectivity index is 3.63. The van der Waals surface area contributed by atoms with Crippen LogP contribution in [0.4, 0.5) is 0 Å². The first-order valence-electron chi connectivity index (χ1n) is 6.14. The number of carboxylic acid groups (broad SMARTS) is 1. The molecule has 0 radical (unpaired) electrons. The van der Waals surface area contributed by atoms with Crippen LogP contribution in [0.5, 0.6) is 5.75 Å². The zero-order valence-corrected chi connectivity index (χ0v) is 13.2. The number of carbonyl (C=O) groups is 1. The number of aliphatic carboxylic acids is 1. The topological polar surface area (TPSA) is 72.5 Å². The molecule has 3 N–H and O–H groups in total. The van der Waals surface area contributed by atoms with E-state index in [4.69, 9.17) is 10.5 Å². The van der Waals surface area contributed by atoms with E-state index in [1.54, 1.807) is 7.11 Å². The number of carboxylic acids is 1. The van der Waals surface area contributed by atoms with Crippen molar-refractivity contribution in [2.45, 2.75) is 32.6 Å². The number of methoxy groups -OCH3 is 1. The molecule has 0 aromatic heterocycles. The zero-order chi connectivity index (χ0) is 14.7. The van der Waals surface area contributed by atoms with E-state index in [9.17, 15) is 9.90 Å². The highest BCUT2D eigenvalue weighted by atomic mass is 79.9. The fraction of sp³-hybridized carbons (Fsp3) is 0.500. The molecule has 0 aliphatic carbocycles. The molecule has 0 aliphatic heterocycles. The van der Waals surface area contributed by atoms with Gasteiger partial charge in [-0.2, -0.15) is 0 Å². The molecule has 5 heteroatoms. The molecule has 1 aromatic carbocycles. The molecule has 0 fully saturated rings. The minimum atomic E-state index is -0.934. The van der Waals surface area contributed by atoms with Crippen molar-refractivity contribution >= 4 is 21.9 Å². The van der Waals surface area contributed by atoms with Gasteiger partial charge in [-0.15, -0.1) is 0 Å². The summed E-state index contributed by atoms with van der Waals surface area (Å²) in [5.41, 5.74) is 8.13. The van der Waals surface area contributed by atoms with Crippen molar-refractivity contribution in [1.82, 2.24) is 0 Å². The molecule has 1 aromatic rings. The van der Waals surface area contributed by atoms with Gasteiger partial charge in [-0.05, 0) is 30.0 Å². The minimum absolute atomic E-state index is 0.0422. The van der Waals surface area contributed by atoms with Gasteiger partial charge < -0.3 is 15.6 Å². The second-order valence-electron chi connectivity index (χ2n) is 4.80. The number of hydrogen-bond donors (Lipinski definition) is 2. The summed E-state index contributed by atoms with van der Waals surface area (Å²) < 4.78 is 6.35. The molecule has 0 saturated heterocycles. The second-order valence-corrected chi connectivity index (χ2v) is 5.66. The quantitative estimate of drug-likeness (QED) is 0.870. The summed E-state index contributed by atoms with van der Waals surface area (Å²) in [5.74, 6) is -0.826. The third-order valence-electron chi connectivity index (χ3n) is 3.26. The Morgan fingerprint density at radius 2 is 2.11 bits per heavy atom. The summed E-state index contributed by atoms with van der Waals surface area (Å²) in [6, 6.07) is 1.98. The first kappa shape index (κ1) is 16.0. The molecule has 0 heterocycles. The lowest BCUT2D eigenvalue weighted by atomic mass is 9.88. The van der Waals surface area contributed by atoms with Gasteiger partial charge in [0.2, 0.25) is 0 Å². The third kappa shape index (κ3) is 3.09. The molecule has 4 nitrogen and oxygen atoms in total. The van der Waals surface area contributed by atoms with Crippen LogP contribution in [0.15, 0.2) is 10.5 Å². The van der Waals surface area contributed by atoms with Crippen LogP contribution < -0.4 is 10.5 Å². The average Bonchev–Trinajstić information content (AvgIpc) is 2.34. The van der Waals surface area contributed by atoms with Gasteiger partial charge in [0.15, 0.2) is 0 Å². The zero-order valence-electron chi connectivity index (χ0n) is 11.7. The van der Waals surface area contributed by atoms with E-state index < -0.39 is 11.9 Å². The Bertz CT molecular complexity index is 486. The summed E-state index contributed by atoms with van der Waals surface area (Å²) in [7, 11) is 1.56. The predicted molar refractivity (Wildman–Crippen MR) is 79.0 cm³/mol. The standard InChI is InChI=1S/C14H20BrNO3/c1-7(2)9-5-11(15)8(3)12(13(9)19-4)10(6-16)14(17)18/h5,7,10H,6,16H2,1-4H3,(H,17,18). The molecule has 106 valence electrons. The summed E-state index contributed by atoms with van der Waals surface area (Å²) in [6.45, 7) is 6.00. The summed E-state index contributed by atoms with van der Waals surface area (Å²) in [5, 5.41) is 9.34. The Labute approximate surface area is 122 Å². The van der Waals surface area contributed by atoms with Crippen LogP contribution in [0.3, 0.4) is 0 Å². The Morgan fingerprint density at radius 1 is 1.53 bits per heavy atom. The normalized spacial score (nSPS) is 12.6. The van der Waals surface area contributed by atoms with E-state index in [0.29, 0.717) is 11.3 Å². The third-order valence-corrected chi connectivity index (χ3v) is 4.08. The lowest BCUT2D eigenvalue weighted by molar-refractivity contribution is -0.138. The molecule has 0 bridgehead atoms. The van der Waals surface area contributed by atoms with E-state index in [0.717, 1.165) is 15.6 Å². The number of halogens is 1. The summed E-state index contributed by atoms with van der Waals surface area (Å²) in [6.07, 6.45) is 0. The van der Waals surface area contributed by atoms with Crippen molar-refractivity contribution in [3.63, 3.8) is 0 Å². The minimum Gasteiger partial charge on any atom is -0.496 e. The van der Waals surface area contributed by atoms with Gasteiger partial charge >= 0.3 is 5.97 Å². The van der Waals surface area contributed by atoms with Gasteiger partial charge in [0.25, 0.3) is 0 Å². The maximum atomic E-state index is 11.4. The molecule has 0 saturated carbocycles. The fourth-order valence-electron chi connectivity index (χ4n) is 2.18. The van der Waals surface area contributed by atoms with Crippen LogP contribution in [0.25, 0.3) is 0 Å². The Hall–Kier alpha value is -1.07. The smallest absolute Gasteiger partial charge is 0.312 e. The van der Waals surface area contributed by atoms with Crippen LogP contribution in [-0.4, -0.2) is 24.7 Å². The molecular formula is C14H20BrNO3. The van der Waals surface area contributed by atoms with Gasteiger partial charge in [0, 0.05) is 16.6 Å². The number of benzene rings is 1. The van der Waals surface area contributed by atoms with Crippen molar-refractivity contribution < 1.29 is 14.6 Å². The predicted octanol–water partition coefficient (Wildman–Crippen LogP) is 3.02. The van der Waals surface area contributed by atoms with E-state index in [2.05, 4.69) is 15.9 Å². The lowest BCUT2D eigenvalue weighted by Gasteiger charge is -2.23. The first-order chi connectivity index (χ1) is 8.84. The van der Waals surface area contributed by atoms with Crippen LogP contribution in [-0.2, 0) is 4.79 Å². The molecule has 1 atom stereocenters. The van der Waals surface area contributed by atoms with Crippen molar-refractivity contribution in [3.05, 3.63) is 27.2 Å². The Morgan fingerprint density at radius 3 is 2.47 bits per heavy atom. The number of hydrogen-bond acceptors (Lipinski definition) is 3. The second kappa shape index (κ2) is 6.39. The van der Waals surface area contributed by atoms with Crippen molar-refractivity contribution in [2.24, 2.45) is 5.73 Å². The molecule has 0 amide bonds. The molecule has 1 rings (SSSR count). The lowest BCUT2D eigenvalue weighted by Crippen LogP contribution is -2.23. The maximum Gasteiger partial charge on any atom is 0.312 e. The van der Waals surface area contributed by atoms with E-state index in [1.165, 1.54) is 0 Å². The van der Waals surface area contributed by atoms with Crippen molar-refractivity contribution in [2.75, 3.05) is 13.7 Å². The van der Waals surface area contributed by atoms with E-state index in [1.807, 2.05) is 26.8 Å². The van der Waals surface area contributed by atoms with Crippen LogP contribution in [0, 0.1) is 6.92 Å². The van der Waals surface area contributed by atoms with E-state index in [-0.39, 0.29) is 12.5 Å². The molecule has 19 heavy (non-hydrogen) atoms. The van der Waals surface area contributed by atoms with Gasteiger partial charge in [0.05, 0.1) is 13.0 Å². The van der Waals surface area contributed by atoms with Gasteiger partial charge in [-0.1, -0.05) is 29.8 Å². The number of ether oxygens (including phenoxy) is 1. The van der Waals surface area contributed by atoms with Crippen LogP contribution in [0.2, 0.25) is 0 Å². The molecule has 0 spiro atoms. The monoisotopic (exact) mass is 329 g/mol. The van der Waals surface area contributed by atoms with Crippen molar-refractivity contribution in [3.8, 4) is 5.75 Å². The fourth-order valence-corrected chi connectivity index (χ4v) is 2.64. The highest BCUT2D eigenvalue weighted by Gasteiger charge is 2.27. The first-order valence-corrected chi connectivity index (χ1v) is 6.94. The molecule has 0 aliphatic rings. The van der Waals surface area contributed by atoms with Gasteiger partial charge in [-0.3, -0.25) is 4.79 Å². The number of nitrogens with two attached hydrogens (primary N) is 1. The largest absolute Gasteiger partial charge is 0.496 e. The SMILES string of the molecule is COc1c(C(C)C)cc(Br)c(C)c1C(CN)C(=O)O. The number of rotatable bonds is 5. The van der Waals surface area contributed by atoms with Gasteiger partial charge in [0.1, 0.15) is 5.75 Å². The maximum absolute atomic E-state index is 11.4.